The summed E-state index contributed by atoms with van der Waals surface area (Å²) in [4.78, 5) is 12.3. The van der Waals surface area contributed by atoms with Crippen LogP contribution in [0.3, 0.4) is 0 Å². The minimum atomic E-state index is -0.259. The largest absolute Gasteiger partial charge is 0.351 e. The van der Waals surface area contributed by atoms with E-state index in [2.05, 4.69) is 20.8 Å². The van der Waals surface area contributed by atoms with Gasteiger partial charge in [-0.15, -0.1) is 10.2 Å². The second kappa shape index (κ2) is 9.02. The number of hydrogen-bond acceptors (Lipinski definition) is 6. The number of carbonyl (C=O) groups excluding carboxylic acids is 1. The van der Waals surface area contributed by atoms with Crippen LogP contribution in [0.2, 0.25) is 5.02 Å². The topological polar surface area (TPSA) is 66.9 Å². The number of amides is 1. The number of benzene rings is 2. The van der Waals surface area contributed by atoms with E-state index >= 15 is 0 Å². The van der Waals surface area contributed by atoms with Crippen LogP contribution in [-0.2, 0) is 11.3 Å². The highest BCUT2D eigenvalue weighted by molar-refractivity contribution is 8.02. The Morgan fingerprint density at radius 1 is 1.19 bits per heavy atom. The molecule has 3 aromatic rings. The van der Waals surface area contributed by atoms with E-state index in [-0.39, 0.29) is 11.2 Å². The molecule has 0 bridgehead atoms. The van der Waals surface area contributed by atoms with Gasteiger partial charge >= 0.3 is 0 Å². The maximum Gasteiger partial charge on any atom is 0.233 e. The van der Waals surface area contributed by atoms with Crippen LogP contribution >= 0.6 is 34.7 Å². The van der Waals surface area contributed by atoms with Gasteiger partial charge in [-0.1, -0.05) is 71.1 Å². The van der Waals surface area contributed by atoms with Gasteiger partial charge in [-0.25, -0.2) is 0 Å². The zero-order valence-electron chi connectivity index (χ0n) is 14.0. The number of thioether (sulfide) groups is 1. The highest BCUT2D eigenvalue weighted by Crippen LogP contribution is 2.30. The van der Waals surface area contributed by atoms with Gasteiger partial charge in [0, 0.05) is 17.3 Å². The van der Waals surface area contributed by atoms with Crippen molar-refractivity contribution in [1.29, 1.82) is 0 Å². The first-order valence-electron chi connectivity index (χ1n) is 7.94. The van der Waals surface area contributed by atoms with Crippen molar-refractivity contribution in [2.24, 2.45) is 0 Å². The molecule has 26 heavy (non-hydrogen) atoms. The van der Waals surface area contributed by atoms with Gasteiger partial charge in [-0.2, -0.15) is 0 Å². The van der Waals surface area contributed by atoms with Crippen molar-refractivity contribution < 1.29 is 4.79 Å². The smallest absolute Gasteiger partial charge is 0.233 e. The minimum absolute atomic E-state index is 0.0293. The Labute approximate surface area is 165 Å². The van der Waals surface area contributed by atoms with Crippen LogP contribution in [0, 0.1) is 0 Å². The van der Waals surface area contributed by atoms with Crippen LogP contribution < -0.4 is 10.6 Å². The van der Waals surface area contributed by atoms with Crippen LogP contribution in [0.15, 0.2) is 58.9 Å². The highest BCUT2D eigenvalue weighted by Gasteiger charge is 2.17. The molecular weight excluding hydrogens is 388 g/mol. The average molecular weight is 405 g/mol. The summed E-state index contributed by atoms with van der Waals surface area (Å²) in [6, 6.07) is 17.2. The van der Waals surface area contributed by atoms with Gasteiger partial charge in [0.05, 0.1) is 5.25 Å². The second-order valence-electron chi connectivity index (χ2n) is 5.47. The van der Waals surface area contributed by atoms with Crippen molar-refractivity contribution >= 4 is 51.4 Å². The molecule has 0 aliphatic heterocycles. The maximum atomic E-state index is 12.3. The molecule has 5 nitrogen and oxygen atoms in total. The Bertz CT molecular complexity index is 872. The lowest BCUT2D eigenvalue weighted by Gasteiger charge is -2.10. The third-order valence-electron chi connectivity index (χ3n) is 3.44. The number of rotatable bonds is 7. The van der Waals surface area contributed by atoms with Crippen LogP contribution in [0.1, 0.15) is 12.5 Å². The number of aromatic nitrogens is 2. The summed E-state index contributed by atoms with van der Waals surface area (Å²) in [5.41, 5.74) is 1.92. The summed E-state index contributed by atoms with van der Waals surface area (Å²) in [7, 11) is 0. The standard InChI is InChI=1S/C18H17ClN4OS2/c1-12(16(24)20-11-13-6-3-2-4-7-13)25-18-23-22-17(26-18)21-15-9-5-8-14(19)10-15/h2-10,12H,11H2,1H3,(H,20,24)(H,21,22)/t12-/m1/s1. The van der Waals surface area contributed by atoms with E-state index in [1.165, 1.54) is 23.1 Å². The molecule has 1 amide bonds. The number of halogens is 1. The normalized spacial score (nSPS) is 11.8. The van der Waals surface area contributed by atoms with Gasteiger partial charge in [0.25, 0.3) is 0 Å². The quantitative estimate of drug-likeness (QED) is 0.557. The molecule has 3 rings (SSSR count). The summed E-state index contributed by atoms with van der Waals surface area (Å²) in [6.45, 7) is 2.37. The predicted octanol–water partition coefficient (Wildman–Crippen LogP) is 4.73. The van der Waals surface area contributed by atoms with Crippen molar-refractivity contribution in [1.82, 2.24) is 15.5 Å². The Balaban J connectivity index is 1.52. The Kier molecular flexibility index (Phi) is 6.49. The number of anilines is 2. The van der Waals surface area contributed by atoms with Gasteiger partial charge < -0.3 is 10.6 Å². The zero-order chi connectivity index (χ0) is 18.4. The fourth-order valence-electron chi connectivity index (χ4n) is 2.13. The Morgan fingerprint density at radius 3 is 2.77 bits per heavy atom. The van der Waals surface area contributed by atoms with E-state index in [4.69, 9.17) is 11.6 Å². The summed E-state index contributed by atoms with van der Waals surface area (Å²) in [6.07, 6.45) is 0. The third-order valence-corrected chi connectivity index (χ3v) is 5.70. The van der Waals surface area contributed by atoms with Gasteiger partial charge in [0.1, 0.15) is 0 Å². The van der Waals surface area contributed by atoms with Gasteiger partial charge in [0.2, 0.25) is 11.0 Å². The summed E-state index contributed by atoms with van der Waals surface area (Å²) >= 11 is 8.76. The molecule has 0 fully saturated rings. The molecule has 1 atom stereocenters. The van der Waals surface area contributed by atoms with E-state index in [1.54, 1.807) is 0 Å². The van der Waals surface area contributed by atoms with E-state index in [0.717, 1.165) is 15.6 Å². The van der Waals surface area contributed by atoms with Crippen molar-refractivity contribution in [2.45, 2.75) is 23.1 Å². The van der Waals surface area contributed by atoms with Gasteiger partial charge in [-0.3, -0.25) is 4.79 Å². The lowest BCUT2D eigenvalue weighted by molar-refractivity contribution is -0.120. The molecule has 0 aliphatic carbocycles. The van der Waals surface area contributed by atoms with Crippen LogP contribution in [0.5, 0.6) is 0 Å². The average Bonchev–Trinajstić information content (AvgIpc) is 3.07. The lowest BCUT2D eigenvalue weighted by Crippen LogP contribution is -2.30. The van der Waals surface area contributed by atoms with Crippen LogP contribution in [0.25, 0.3) is 0 Å². The molecule has 134 valence electrons. The molecule has 1 heterocycles. The monoisotopic (exact) mass is 404 g/mol. The number of nitrogens with zero attached hydrogens (tertiary/aromatic N) is 2. The lowest BCUT2D eigenvalue weighted by atomic mass is 10.2. The number of hydrogen-bond donors (Lipinski definition) is 2. The first kappa shape index (κ1) is 18.7. The molecule has 0 spiro atoms. The van der Waals surface area contributed by atoms with Crippen LogP contribution in [0.4, 0.5) is 10.8 Å². The fraction of sp³-hybridized carbons (Fsp3) is 0.167. The van der Waals surface area contributed by atoms with E-state index in [0.29, 0.717) is 16.7 Å². The minimum Gasteiger partial charge on any atom is -0.351 e. The molecule has 0 saturated heterocycles. The maximum absolute atomic E-state index is 12.3. The first-order valence-corrected chi connectivity index (χ1v) is 10.0. The molecule has 1 aromatic heterocycles. The third kappa shape index (κ3) is 5.45. The molecule has 8 heteroatoms. The fourth-order valence-corrected chi connectivity index (χ4v) is 4.26. The highest BCUT2D eigenvalue weighted by atomic mass is 35.5. The molecule has 2 aromatic carbocycles. The first-order chi connectivity index (χ1) is 12.6. The van der Waals surface area contributed by atoms with E-state index < -0.39 is 0 Å². The molecule has 0 saturated carbocycles. The zero-order valence-corrected chi connectivity index (χ0v) is 16.4. The molecule has 2 N–H and O–H groups in total. The SMILES string of the molecule is C[C@@H](Sc1nnc(Nc2cccc(Cl)c2)s1)C(=O)NCc1ccccc1. The van der Waals surface area contributed by atoms with E-state index in [1.807, 2.05) is 61.5 Å². The van der Waals surface area contributed by atoms with E-state index in [9.17, 15) is 4.79 Å². The summed E-state index contributed by atoms with van der Waals surface area (Å²) in [5.74, 6) is -0.0293. The number of carbonyl (C=O) groups is 1. The van der Waals surface area contributed by atoms with Gasteiger partial charge in [-0.05, 0) is 30.7 Å². The second-order valence-corrected chi connectivity index (χ2v) is 8.47. The van der Waals surface area contributed by atoms with Crippen molar-refractivity contribution in [3.63, 3.8) is 0 Å². The summed E-state index contributed by atoms with van der Waals surface area (Å²) in [5, 5.41) is 15.4. The van der Waals surface area contributed by atoms with Gasteiger partial charge in [0.15, 0.2) is 4.34 Å². The van der Waals surface area contributed by atoms with Crippen molar-refractivity contribution in [2.75, 3.05) is 5.32 Å². The Hall–Kier alpha value is -2.09. The molecule has 0 unspecified atom stereocenters. The van der Waals surface area contributed by atoms with Crippen molar-refractivity contribution in [3.8, 4) is 0 Å². The summed E-state index contributed by atoms with van der Waals surface area (Å²) < 4.78 is 0.733. The Morgan fingerprint density at radius 2 is 2.00 bits per heavy atom. The number of nitrogens with one attached hydrogen (secondary N) is 2. The molecular formula is C18H17ClN4OS2. The molecule has 0 radical (unpaired) electrons. The van der Waals surface area contributed by atoms with Crippen LogP contribution in [-0.4, -0.2) is 21.4 Å². The predicted molar refractivity (Wildman–Crippen MR) is 108 cm³/mol. The van der Waals surface area contributed by atoms with Crippen molar-refractivity contribution in [3.05, 3.63) is 65.2 Å². The molecule has 0 aliphatic rings.